The third-order valence-corrected chi connectivity index (χ3v) is 9.31. The summed E-state index contributed by atoms with van der Waals surface area (Å²) in [4.78, 5) is 41.0. The molecule has 0 spiro atoms. The first-order valence-corrected chi connectivity index (χ1v) is 17.2. The van der Waals surface area contributed by atoms with Crippen LogP contribution >= 0.6 is 0 Å². The van der Waals surface area contributed by atoms with Gasteiger partial charge in [0.1, 0.15) is 17.7 Å². The molecule has 1 heterocycles. The van der Waals surface area contributed by atoms with Gasteiger partial charge in [-0.15, -0.1) is 0 Å². The second-order valence-electron chi connectivity index (χ2n) is 14.5. The minimum absolute atomic E-state index is 0.0369. The number of aromatic nitrogens is 1. The number of carbonyl (C=O) groups is 2. The van der Waals surface area contributed by atoms with Crippen molar-refractivity contribution in [2.75, 3.05) is 20.6 Å². The van der Waals surface area contributed by atoms with Gasteiger partial charge in [-0.2, -0.15) is 26.3 Å². The summed E-state index contributed by atoms with van der Waals surface area (Å²) < 4.78 is 118. The van der Waals surface area contributed by atoms with E-state index in [2.05, 4.69) is 5.32 Å². The van der Waals surface area contributed by atoms with E-state index < -0.39 is 88.1 Å². The lowest BCUT2D eigenvalue weighted by Gasteiger charge is -2.27. The van der Waals surface area contributed by atoms with Gasteiger partial charge in [0.2, 0.25) is 5.91 Å². The highest BCUT2D eigenvalue weighted by Crippen LogP contribution is 2.45. The Hall–Kier alpha value is -4.27. The first kappa shape index (κ1) is 41.5. The topological polar surface area (TPSA) is 91.6 Å². The van der Waals surface area contributed by atoms with Crippen LogP contribution in [0.4, 0.5) is 35.1 Å². The quantitative estimate of drug-likeness (QED) is 0.161. The maximum absolute atomic E-state index is 16.6. The zero-order valence-corrected chi connectivity index (χ0v) is 30.2. The Labute approximate surface area is 302 Å². The molecule has 1 amide bonds. The summed E-state index contributed by atoms with van der Waals surface area (Å²) >= 11 is 0. The van der Waals surface area contributed by atoms with Crippen LogP contribution in [0.25, 0.3) is 11.1 Å². The fourth-order valence-corrected chi connectivity index (χ4v) is 6.77. The Morgan fingerprint density at radius 2 is 1.53 bits per heavy atom. The number of halogens is 8. The Kier molecular flexibility index (Phi) is 12.5. The smallest absolute Gasteiger partial charge is 0.419 e. The molecule has 0 saturated heterocycles. The molecule has 0 radical (unpaired) electrons. The van der Waals surface area contributed by atoms with Gasteiger partial charge in [0.15, 0.2) is 0 Å². The van der Waals surface area contributed by atoms with E-state index in [9.17, 15) is 45.8 Å². The fourth-order valence-electron chi connectivity index (χ4n) is 6.77. The van der Waals surface area contributed by atoms with Gasteiger partial charge < -0.3 is 19.9 Å². The molecular weight excluding hydrogens is 714 g/mol. The third-order valence-electron chi connectivity index (χ3n) is 9.31. The Balaban J connectivity index is 1.89. The molecule has 4 rings (SSSR count). The number of nitrogens with one attached hydrogen (secondary N) is 1. The highest BCUT2D eigenvalue weighted by Gasteiger charge is 2.41. The molecule has 2 N–H and O–H groups in total. The molecule has 0 bridgehead atoms. The van der Waals surface area contributed by atoms with Gasteiger partial charge in [0.05, 0.1) is 23.6 Å². The van der Waals surface area contributed by atoms with Gasteiger partial charge in [-0.3, -0.25) is 14.4 Å². The third kappa shape index (κ3) is 9.84. The zero-order valence-electron chi connectivity index (χ0n) is 30.2. The van der Waals surface area contributed by atoms with Crippen LogP contribution in [0.3, 0.4) is 0 Å². The summed E-state index contributed by atoms with van der Waals surface area (Å²) in [6, 6.07) is 0.216. The number of aliphatic carboxylic acids is 1. The van der Waals surface area contributed by atoms with E-state index in [1.807, 2.05) is 0 Å². The van der Waals surface area contributed by atoms with Crippen LogP contribution in [0.2, 0.25) is 0 Å². The van der Waals surface area contributed by atoms with E-state index in [-0.39, 0.29) is 36.3 Å². The standard InChI is InChI=1S/C38H43F8N3O4/c1-19(2)12-29(49-18-23(8-7-11-48(5)6)26(16-30(49)50)37(41,42)43)36(53)47-28(17-31(51)52)33-34(39)25(15-27(35(33)40)38(44,45)46)32-20(3)13-24(14-21(32)4)22-9-10-22/h13-16,18-19,22,28-29H,7-12,17H2,1-6H3,(H,47,53)(H,51,52). The number of pyridine rings is 1. The van der Waals surface area contributed by atoms with Crippen molar-refractivity contribution in [3.8, 4) is 11.1 Å². The number of amides is 1. The van der Waals surface area contributed by atoms with E-state index in [1.54, 1.807) is 58.8 Å². The van der Waals surface area contributed by atoms with Crippen LogP contribution in [-0.2, 0) is 28.4 Å². The van der Waals surface area contributed by atoms with E-state index >= 15 is 8.78 Å². The molecule has 1 aromatic heterocycles. The second kappa shape index (κ2) is 16.0. The predicted molar refractivity (Wildman–Crippen MR) is 182 cm³/mol. The van der Waals surface area contributed by atoms with Crippen LogP contribution in [0.1, 0.15) is 103 Å². The van der Waals surface area contributed by atoms with Crippen molar-refractivity contribution in [3.63, 3.8) is 0 Å². The lowest BCUT2D eigenvalue weighted by atomic mass is 9.87. The van der Waals surface area contributed by atoms with Gasteiger partial charge >= 0.3 is 18.3 Å². The maximum atomic E-state index is 16.6. The van der Waals surface area contributed by atoms with Gasteiger partial charge in [-0.05, 0) is 112 Å². The number of alkyl halides is 6. The summed E-state index contributed by atoms with van der Waals surface area (Å²) in [7, 11) is 3.43. The van der Waals surface area contributed by atoms with Crippen LogP contribution in [0, 0.1) is 31.4 Å². The van der Waals surface area contributed by atoms with Crippen LogP contribution in [0.5, 0.6) is 0 Å². The van der Waals surface area contributed by atoms with Gasteiger partial charge in [-0.1, -0.05) is 26.0 Å². The van der Waals surface area contributed by atoms with Crippen LogP contribution in [0.15, 0.2) is 35.3 Å². The number of benzene rings is 2. The number of aryl methyl sites for hydroxylation is 3. The second-order valence-corrected chi connectivity index (χ2v) is 14.5. The Morgan fingerprint density at radius 1 is 0.943 bits per heavy atom. The number of carboxylic acids is 1. The molecule has 1 aliphatic rings. The highest BCUT2D eigenvalue weighted by atomic mass is 19.4. The molecule has 7 nitrogen and oxygen atoms in total. The molecule has 3 aromatic rings. The summed E-state index contributed by atoms with van der Waals surface area (Å²) in [6.45, 7) is 6.77. The number of rotatable bonds is 14. The maximum Gasteiger partial charge on any atom is 0.419 e. The molecule has 1 aliphatic carbocycles. The molecule has 53 heavy (non-hydrogen) atoms. The average molecular weight is 758 g/mol. The van der Waals surface area contributed by atoms with Gasteiger partial charge in [0.25, 0.3) is 5.56 Å². The molecule has 2 aromatic carbocycles. The highest BCUT2D eigenvalue weighted by molar-refractivity contribution is 5.82. The van der Waals surface area contributed by atoms with Gasteiger partial charge in [-0.25, -0.2) is 8.78 Å². The minimum atomic E-state index is -5.37. The zero-order chi connectivity index (χ0) is 39.7. The molecule has 2 atom stereocenters. The minimum Gasteiger partial charge on any atom is -0.481 e. The van der Waals surface area contributed by atoms with Crippen molar-refractivity contribution in [2.24, 2.45) is 5.92 Å². The van der Waals surface area contributed by atoms with Crippen molar-refractivity contribution in [2.45, 2.75) is 96.6 Å². The van der Waals surface area contributed by atoms with Gasteiger partial charge in [0, 0.05) is 23.4 Å². The van der Waals surface area contributed by atoms with E-state index in [0.717, 1.165) is 29.2 Å². The van der Waals surface area contributed by atoms with Crippen molar-refractivity contribution in [1.29, 1.82) is 0 Å². The largest absolute Gasteiger partial charge is 0.481 e. The number of nitrogens with zero attached hydrogens (tertiary/aromatic N) is 2. The normalized spacial score (nSPS) is 14.9. The number of carbonyl (C=O) groups excluding carboxylic acids is 1. The number of hydrogen-bond acceptors (Lipinski definition) is 4. The predicted octanol–water partition coefficient (Wildman–Crippen LogP) is 8.74. The lowest BCUT2D eigenvalue weighted by Crippen LogP contribution is -2.41. The Morgan fingerprint density at radius 3 is 2.02 bits per heavy atom. The van der Waals surface area contributed by atoms with Crippen molar-refractivity contribution < 1.29 is 49.8 Å². The summed E-state index contributed by atoms with van der Waals surface area (Å²) in [5.41, 5.74) is -4.90. The van der Waals surface area contributed by atoms with E-state index in [4.69, 9.17) is 0 Å². The molecule has 2 unspecified atom stereocenters. The number of carboxylic acid groups (broad SMARTS) is 1. The summed E-state index contributed by atoms with van der Waals surface area (Å²) in [6.07, 6.45) is -8.95. The van der Waals surface area contributed by atoms with Crippen molar-refractivity contribution in [1.82, 2.24) is 14.8 Å². The average Bonchev–Trinajstić information content (AvgIpc) is 3.85. The fraction of sp³-hybridized carbons (Fsp3) is 0.500. The SMILES string of the molecule is Cc1cc(C2CC2)cc(C)c1-c1cc(C(F)(F)F)c(F)c(C(CC(=O)O)NC(=O)C(CC(C)C)n2cc(CCCN(C)C)c(C(F)(F)F)cc2=O)c1F. The van der Waals surface area contributed by atoms with E-state index in [1.165, 1.54) is 0 Å². The molecular formula is C38H43F8N3O4. The summed E-state index contributed by atoms with van der Waals surface area (Å²) in [5, 5.41) is 11.9. The first-order chi connectivity index (χ1) is 24.5. The summed E-state index contributed by atoms with van der Waals surface area (Å²) in [5.74, 6) is -6.78. The molecule has 15 heteroatoms. The van der Waals surface area contributed by atoms with Crippen molar-refractivity contribution >= 4 is 11.9 Å². The lowest BCUT2D eigenvalue weighted by molar-refractivity contribution is -0.140. The Bertz CT molecular complexity index is 1890. The monoisotopic (exact) mass is 757 g/mol. The molecule has 1 fully saturated rings. The molecule has 0 aliphatic heterocycles. The van der Waals surface area contributed by atoms with Crippen molar-refractivity contribution in [3.05, 3.63) is 91.4 Å². The first-order valence-electron chi connectivity index (χ1n) is 17.2. The molecule has 1 saturated carbocycles. The van der Waals surface area contributed by atoms with E-state index in [0.29, 0.717) is 29.8 Å². The molecule has 290 valence electrons. The van der Waals surface area contributed by atoms with Crippen LogP contribution < -0.4 is 10.9 Å². The van der Waals surface area contributed by atoms with Crippen LogP contribution in [-0.4, -0.2) is 47.1 Å². The number of hydrogen-bond donors (Lipinski definition) is 2.